The fourth-order valence-corrected chi connectivity index (χ4v) is 1.93. The maximum atomic E-state index is 11.1. The van der Waals surface area contributed by atoms with Crippen LogP contribution in [0.2, 0.25) is 0 Å². The normalized spacial score (nSPS) is 41.2. The van der Waals surface area contributed by atoms with E-state index in [1.54, 1.807) is 0 Å². The molecule has 114 valence electrons. The Hall–Kier alpha value is -1.23. The molecule has 0 aliphatic carbocycles. The van der Waals surface area contributed by atoms with Crippen LogP contribution in [0.3, 0.4) is 0 Å². The van der Waals surface area contributed by atoms with Gasteiger partial charge in [-0.2, -0.15) is 0 Å². The van der Waals surface area contributed by atoms with Crippen LogP contribution in [0.1, 0.15) is 0 Å². The zero-order valence-electron chi connectivity index (χ0n) is 10.6. The SMILES string of the molecule is COC1=CC(=O)OC1OC1OC(CO)C(O)C(O)C1O. The smallest absolute Gasteiger partial charge is 0.337 e. The van der Waals surface area contributed by atoms with E-state index in [0.717, 1.165) is 6.08 Å². The predicted molar refractivity (Wildman–Crippen MR) is 59.8 cm³/mol. The summed E-state index contributed by atoms with van der Waals surface area (Å²) in [4.78, 5) is 11.1. The maximum Gasteiger partial charge on any atom is 0.337 e. The summed E-state index contributed by atoms with van der Waals surface area (Å²) >= 11 is 0. The second-order valence-electron chi connectivity index (χ2n) is 4.35. The molecule has 6 unspecified atom stereocenters. The van der Waals surface area contributed by atoms with Gasteiger partial charge in [0.2, 0.25) is 0 Å². The predicted octanol–water partition coefficient (Wildman–Crippen LogP) is -2.78. The summed E-state index contributed by atoms with van der Waals surface area (Å²) < 4.78 is 19.9. The van der Waals surface area contributed by atoms with Gasteiger partial charge in [0.1, 0.15) is 24.4 Å². The molecule has 6 atom stereocenters. The van der Waals surface area contributed by atoms with Gasteiger partial charge in [0.25, 0.3) is 6.29 Å². The Morgan fingerprint density at radius 3 is 2.55 bits per heavy atom. The summed E-state index contributed by atoms with van der Waals surface area (Å²) in [7, 11) is 1.30. The van der Waals surface area contributed by atoms with Crippen molar-refractivity contribution in [3.63, 3.8) is 0 Å². The van der Waals surface area contributed by atoms with Crippen molar-refractivity contribution in [2.24, 2.45) is 0 Å². The van der Waals surface area contributed by atoms with E-state index in [9.17, 15) is 20.1 Å². The molecular formula is C11H16O9. The van der Waals surface area contributed by atoms with Crippen LogP contribution in [0.25, 0.3) is 0 Å². The van der Waals surface area contributed by atoms with Crippen molar-refractivity contribution < 1.29 is 44.2 Å². The topological polar surface area (TPSA) is 135 Å². The summed E-state index contributed by atoms with van der Waals surface area (Å²) in [6.45, 7) is -0.581. The molecule has 9 nitrogen and oxygen atoms in total. The Kier molecular flexibility index (Phi) is 4.58. The van der Waals surface area contributed by atoms with Crippen molar-refractivity contribution >= 4 is 5.97 Å². The Bertz CT molecular complexity index is 393. The number of hydrogen-bond donors (Lipinski definition) is 4. The quantitative estimate of drug-likeness (QED) is 0.406. The number of cyclic esters (lactones) is 1. The van der Waals surface area contributed by atoms with E-state index in [1.807, 2.05) is 0 Å². The molecule has 0 radical (unpaired) electrons. The molecule has 4 N–H and O–H groups in total. The average Bonchev–Trinajstić information content (AvgIpc) is 2.79. The molecule has 0 amide bonds. The molecule has 0 bridgehead atoms. The van der Waals surface area contributed by atoms with Gasteiger partial charge in [0.05, 0.1) is 19.8 Å². The molecule has 1 fully saturated rings. The number of carbonyl (C=O) groups excluding carboxylic acids is 1. The van der Waals surface area contributed by atoms with Gasteiger partial charge >= 0.3 is 5.97 Å². The van der Waals surface area contributed by atoms with Crippen LogP contribution in [0.5, 0.6) is 0 Å². The van der Waals surface area contributed by atoms with Crippen LogP contribution in [0.4, 0.5) is 0 Å². The Morgan fingerprint density at radius 2 is 1.95 bits per heavy atom. The Morgan fingerprint density at radius 1 is 1.25 bits per heavy atom. The molecule has 0 aromatic carbocycles. The zero-order chi connectivity index (χ0) is 14.9. The minimum Gasteiger partial charge on any atom is -0.494 e. The highest BCUT2D eigenvalue weighted by Crippen LogP contribution is 2.26. The van der Waals surface area contributed by atoms with Gasteiger partial charge in [-0.3, -0.25) is 0 Å². The first-order valence-corrected chi connectivity index (χ1v) is 5.90. The van der Waals surface area contributed by atoms with Crippen molar-refractivity contribution in [3.05, 3.63) is 11.8 Å². The Balaban J connectivity index is 2.05. The molecule has 0 saturated carbocycles. The first-order valence-electron chi connectivity index (χ1n) is 5.90. The molecule has 0 aromatic heterocycles. The lowest BCUT2D eigenvalue weighted by molar-refractivity contribution is -0.328. The van der Waals surface area contributed by atoms with Crippen LogP contribution in [-0.4, -0.2) is 77.1 Å². The third-order valence-corrected chi connectivity index (χ3v) is 3.06. The van der Waals surface area contributed by atoms with Crippen molar-refractivity contribution in [1.29, 1.82) is 0 Å². The lowest BCUT2D eigenvalue weighted by atomic mass is 9.99. The van der Waals surface area contributed by atoms with Crippen LogP contribution in [0, 0.1) is 0 Å². The number of aliphatic hydroxyl groups is 4. The zero-order valence-corrected chi connectivity index (χ0v) is 10.6. The summed E-state index contributed by atoms with van der Waals surface area (Å²) in [5.74, 6) is -0.608. The number of rotatable bonds is 4. The second kappa shape index (κ2) is 6.04. The van der Waals surface area contributed by atoms with Gasteiger partial charge in [0.15, 0.2) is 12.0 Å². The monoisotopic (exact) mass is 292 g/mol. The van der Waals surface area contributed by atoms with E-state index in [-0.39, 0.29) is 5.76 Å². The van der Waals surface area contributed by atoms with E-state index in [2.05, 4.69) is 0 Å². The van der Waals surface area contributed by atoms with Crippen molar-refractivity contribution in [1.82, 2.24) is 0 Å². The minimum absolute atomic E-state index is 0.0759. The average molecular weight is 292 g/mol. The fraction of sp³-hybridized carbons (Fsp3) is 0.727. The summed E-state index contributed by atoms with van der Waals surface area (Å²) in [5, 5.41) is 38.0. The van der Waals surface area contributed by atoms with Gasteiger partial charge in [0, 0.05) is 0 Å². The lowest BCUT2D eigenvalue weighted by Crippen LogP contribution is -2.59. The van der Waals surface area contributed by atoms with Gasteiger partial charge in [-0.05, 0) is 0 Å². The second-order valence-corrected chi connectivity index (χ2v) is 4.35. The van der Waals surface area contributed by atoms with Crippen LogP contribution in [-0.2, 0) is 23.7 Å². The highest BCUT2D eigenvalue weighted by molar-refractivity contribution is 5.85. The number of ether oxygens (including phenoxy) is 4. The van der Waals surface area contributed by atoms with E-state index < -0.39 is 49.6 Å². The molecule has 0 spiro atoms. The number of esters is 1. The highest BCUT2D eigenvalue weighted by atomic mass is 16.8. The van der Waals surface area contributed by atoms with Crippen LogP contribution < -0.4 is 0 Å². The highest BCUT2D eigenvalue weighted by Gasteiger charge is 2.46. The number of hydrogen-bond acceptors (Lipinski definition) is 9. The molecule has 9 heteroatoms. The first-order chi connectivity index (χ1) is 9.47. The van der Waals surface area contributed by atoms with Crippen molar-refractivity contribution in [2.75, 3.05) is 13.7 Å². The van der Waals surface area contributed by atoms with E-state index in [4.69, 9.17) is 24.1 Å². The standard InChI is InChI=1S/C11H16O9/c1-17-4-2-6(13)19-10(4)20-11-9(16)8(15)7(14)5(3-12)18-11/h2,5,7-12,14-16H,3H2,1H3. The van der Waals surface area contributed by atoms with E-state index in [0.29, 0.717) is 0 Å². The summed E-state index contributed by atoms with van der Waals surface area (Å²) in [5.41, 5.74) is 0. The number of aliphatic hydroxyl groups excluding tert-OH is 4. The molecule has 2 heterocycles. The third-order valence-electron chi connectivity index (χ3n) is 3.06. The van der Waals surface area contributed by atoms with Crippen LogP contribution in [0.15, 0.2) is 11.8 Å². The molecule has 20 heavy (non-hydrogen) atoms. The number of methoxy groups -OCH3 is 1. The molecule has 2 rings (SSSR count). The van der Waals surface area contributed by atoms with Crippen LogP contribution >= 0.6 is 0 Å². The van der Waals surface area contributed by atoms with E-state index in [1.165, 1.54) is 7.11 Å². The molecular weight excluding hydrogens is 276 g/mol. The molecule has 2 aliphatic rings. The maximum absolute atomic E-state index is 11.1. The Labute approximate surface area is 113 Å². The first kappa shape index (κ1) is 15.2. The molecule has 1 saturated heterocycles. The minimum atomic E-state index is -1.58. The fourth-order valence-electron chi connectivity index (χ4n) is 1.93. The molecule has 0 aromatic rings. The summed E-state index contributed by atoms with van der Waals surface area (Å²) in [6.07, 6.45) is -7.31. The van der Waals surface area contributed by atoms with Gasteiger partial charge < -0.3 is 39.4 Å². The largest absolute Gasteiger partial charge is 0.494 e. The van der Waals surface area contributed by atoms with Gasteiger partial charge in [-0.1, -0.05) is 0 Å². The van der Waals surface area contributed by atoms with Crippen molar-refractivity contribution in [3.8, 4) is 0 Å². The van der Waals surface area contributed by atoms with Crippen molar-refractivity contribution in [2.45, 2.75) is 37.0 Å². The van der Waals surface area contributed by atoms with Gasteiger partial charge in [-0.15, -0.1) is 0 Å². The van der Waals surface area contributed by atoms with E-state index >= 15 is 0 Å². The number of carbonyl (C=O) groups is 1. The third kappa shape index (κ3) is 2.77. The van der Waals surface area contributed by atoms with Gasteiger partial charge in [-0.25, -0.2) is 4.79 Å². The summed E-state index contributed by atoms with van der Waals surface area (Å²) in [6, 6.07) is 0. The molecule has 2 aliphatic heterocycles. The lowest BCUT2D eigenvalue weighted by Gasteiger charge is -2.40.